The van der Waals surface area contributed by atoms with Gasteiger partial charge in [-0.05, 0) is 38.2 Å². The predicted molar refractivity (Wildman–Crippen MR) is 69.9 cm³/mol. The molecule has 1 heterocycles. The van der Waals surface area contributed by atoms with E-state index in [-0.39, 0.29) is 12.5 Å². The number of carbonyl (C=O) groups excluding carboxylic acids is 2. The molecule has 1 aliphatic rings. The third kappa shape index (κ3) is 2.90. The molecule has 0 aromatic carbocycles. The van der Waals surface area contributed by atoms with Crippen LogP contribution in [-0.2, 0) is 22.4 Å². The molecule has 0 atom stereocenters. The Labute approximate surface area is 110 Å². The summed E-state index contributed by atoms with van der Waals surface area (Å²) in [5.41, 5.74) is 1.91. The van der Waals surface area contributed by atoms with Gasteiger partial charge in [0, 0.05) is 10.3 Å². The van der Waals surface area contributed by atoms with Gasteiger partial charge in [-0.2, -0.15) is 0 Å². The Morgan fingerprint density at radius 3 is 2.94 bits per heavy atom. The van der Waals surface area contributed by atoms with Crippen molar-refractivity contribution < 1.29 is 14.3 Å². The van der Waals surface area contributed by atoms with E-state index in [2.05, 4.69) is 5.32 Å². The summed E-state index contributed by atoms with van der Waals surface area (Å²) in [6.07, 6.45) is 4.39. The number of esters is 1. The summed E-state index contributed by atoms with van der Waals surface area (Å²) in [4.78, 5) is 24.5. The van der Waals surface area contributed by atoms with Crippen LogP contribution >= 0.6 is 11.3 Å². The molecule has 4 nitrogen and oxygen atoms in total. The van der Waals surface area contributed by atoms with Crippen molar-refractivity contribution in [1.29, 1.82) is 0 Å². The van der Waals surface area contributed by atoms with Crippen LogP contribution in [0.3, 0.4) is 0 Å². The van der Waals surface area contributed by atoms with Crippen molar-refractivity contribution >= 4 is 23.2 Å². The van der Waals surface area contributed by atoms with Crippen LogP contribution in [0.2, 0.25) is 0 Å². The van der Waals surface area contributed by atoms with E-state index in [1.54, 1.807) is 18.3 Å². The first-order chi connectivity index (χ1) is 8.72. The first-order valence-electron chi connectivity index (χ1n) is 6.25. The fourth-order valence-electron chi connectivity index (χ4n) is 2.14. The van der Waals surface area contributed by atoms with Crippen molar-refractivity contribution in [2.45, 2.75) is 32.6 Å². The van der Waals surface area contributed by atoms with Crippen molar-refractivity contribution in [1.82, 2.24) is 5.32 Å². The molecule has 0 radical (unpaired) electrons. The van der Waals surface area contributed by atoms with E-state index in [1.165, 1.54) is 16.9 Å². The number of thiophene rings is 1. The van der Waals surface area contributed by atoms with Crippen LogP contribution in [0.4, 0.5) is 0 Å². The van der Waals surface area contributed by atoms with Crippen molar-refractivity contribution in [3.8, 4) is 0 Å². The van der Waals surface area contributed by atoms with E-state index in [9.17, 15) is 9.59 Å². The lowest BCUT2D eigenvalue weighted by atomic mass is 9.96. The normalized spacial score (nSPS) is 13.8. The number of fused-ring (bicyclic) bond motifs is 1. The summed E-state index contributed by atoms with van der Waals surface area (Å²) in [6, 6.07) is 0. The molecule has 0 aliphatic heterocycles. The largest absolute Gasteiger partial charge is 0.465 e. The molecule has 0 unspecified atom stereocenters. The van der Waals surface area contributed by atoms with E-state index in [0.29, 0.717) is 6.61 Å². The molecular weight excluding hydrogens is 250 g/mol. The zero-order chi connectivity index (χ0) is 13.0. The molecule has 0 saturated heterocycles. The Bertz CT molecular complexity index is 453. The molecule has 98 valence electrons. The van der Waals surface area contributed by atoms with Gasteiger partial charge in [0.1, 0.15) is 6.54 Å². The van der Waals surface area contributed by atoms with Crippen LogP contribution in [-0.4, -0.2) is 25.0 Å². The summed E-state index contributed by atoms with van der Waals surface area (Å²) < 4.78 is 4.77. The molecular formula is C13H17NO3S. The summed E-state index contributed by atoms with van der Waals surface area (Å²) in [6.45, 7) is 2.02. The fraction of sp³-hybridized carbons (Fsp3) is 0.538. The summed E-state index contributed by atoms with van der Waals surface area (Å²) in [5, 5.41) is 4.51. The molecule has 1 N–H and O–H groups in total. The van der Waals surface area contributed by atoms with Gasteiger partial charge in [-0.25, -0.2) is 0 Å². The van der Waals surface area contributed by atoms with Crippen LogP contribution in [0.5, 0.6) is 0 Å². The number of carbonyl (C=O) groups is 2. The van der Waals surface area contributed by atoms with E-state index in [0.717, 1.165) is 24.8 Å². The molecule has 1 aliphatic carbocycles. The number of aryl methyl sites for hydroxylation is 1. The van der Waals surface area contributed by atoms with E-state index in [1.807, 2.05) is 5.38 Å². The van der Waals surface area contributed by atoms with Gasteiger partial charge in [0.15, 0.2) is 0 Å². The van der Waals surface area contributed by atoms with Crippen molar-refractivity contribution in [2.24, 2.45) is 0 Å². The van der Waals surface area contributed by atoms with E-state index in [4.69, 9.17) is 4.74 Å². The minimum Gasteiger partial charge on any atom is -0.465 e. The molecule has 1 amide bonds. The second-order valence-corrected chi connectivity index (χ2v) is 5.21. The maximum atomic E-state index is 12.0. The average molecular weight is 267 g/mol. The average Bonchev–Trinajstić information content (AvgIpc) is 2.80. The number of nitrogens with one attached hydrogen (secondary N) is 1. The van der Waals surface area contributed by atoms with E-state index < -0.39 is 5.97 Å². The van der Waals surface area contributed by atoms with Crippen LogP contribution in [0.15, 0.2) is 5.38 Å². The topological polar surface area (TPSA) is 55.4 Å². The Balaban J connectivity index is 1.97. The smallest absolute Gasteiger partial charge is 0.325 e. The van der Waals surface area contributed by atoms with Crippen LogP contribution in [0.25, 0.3) is 0 Å². The molecule has 18 heavy (non-hydrogen) atoms. The zero-order valence-electron chi connectivity index (χ0n) is 10.5. The molecule has 0 spiro atoms. The summed E-state index contributed by atoms with van der Waals surface area (Å²) in [7, 11) is 0. The third-order valence-corrected chi connectivity index (χ3v) is 4.09. The second kappa shape index (κ2) is 6.00. The number of ether oxygens (including phenoxy) is 1. The highest BCUT2D eigenvalue weighted by Gasteiger charge is 2.20. The highest BCUT2D eigenvalue weighted by atomic mass is 32.1. The first-order valence-corrected chi connectivity index (χ1v) is 7.13. The molecule has 0 bridgehead atoms. The maximum Gasteiger partial charge on any atom is 0.325 e. The lowest BCUT2D eigenvalue weighted by molar-refractivity contribution is -0.141. The lowest BCUT2D eigenvalue weighted by Crippen LogP contribution is -2.31. The monoisotopic (exact) mass is 267 g/mol. The molecule has 0 fully saturated rings. The van der Waals surface area contributed by atoms with Crippen LogP contribution in [0, 0.1) is 0 Å². The highest BCUT2D eigenvalue weighted by molar-refractivity contribution is 7.10. The van der Waals surface area contributed by atoms with Gasteiger partial charge in [-0.3, -0.25) is 9.59 Å². The predicted octanol–water partition coefficient (Wildman–Crippen LogP) is 1.92. The Kier molecular flexibility index (Phi) is 4.36. The van der Waals surface area contributed by atoms with Crippen LogP contribution in [0.1, 0.15) is 40.6 Å². The van der Waals surface area contributed by atoms with Gasteiger partial charge >= 0.3 is 5.97 Å². The zero-order valence-corrected chi connectivity index (χ0v) is 11.3. The molecule has 0 saturated carbocycles. The second-order valence-electron chi connectivity index (χ2n) is 4.25. The van der Waals surface area contributed by atoms with Crippen molar-refractivity contribution in [2.75, 3.05) is 13.2 Å². The minimum absolute atomic E-state index is 0.0582. The number of amides is 1. The first kappa shape index (κ1) is 13.1. The van der Waals surface area contributed by atoms with Gasteiger partial charge in [0.2, 0.25) is 0 Å². The summed E-state index contributed by atoms with van der Waals surface area (Å²) in [5.74, 6) is -0.558. The fourth-order valence-corrected chi connectivity index (χ4v) is 3.27. The number of hydrogen-bond acceptors (Lipinski definition) is 4. The lowest BCUT2D eigenvalue weighted by Gasteiger charge is -2.12. The Hall–Kier alpha value is -1.36. The van der Waals surface area contributed by atoms with Crippen molar-refractivity contribution in [3.05, 3.63) is 21.4 Å². The molecule has 5 heteroatoms. The highest BCUT2D eigenvalue weighted by Crippen LogP contribution is 2.29. The Morgan fingerprint density at radius 2 is 2.17 bits per heavy atom. The van der Waals surface area contributed by atoms with Gasteiger partial charge in [0.25, 0.3) is 5.91 Å². The minimum atomic E-state index is -0.394. The Morgan fingerprint density at radius 1 is 1.39 bits per heavy atom. The van der Waals surface area contributed by atoms with Crippen LogP contribution < -0.4 is 5.32 Å². The van der Waals surface area contributed by atoms with Gasteiger partial charge in [-0.1, -0.05) is 0 Å². The van der Waals surface area contributed by atoms with Gasteiger partial charge in [0.05, 0.1) is 12.2 Å². The van der Waals surface area contributed by atoms with Gasteiger partial charge in [-0.15, -0.1) is 11.3 Å². The molecule has 1 aromatic heterocycles. The maximum absolute atomic E-state index is 12.0. The number of rotatable bonds is 4. The number of hydrogen-bond donors (Lipinski definition) is 1. The molecule has 2 rings (SSSR count). The SMILES string of the molecule is CCOC(=O)CNC(=O)c1csc2c1CCCC2. The third-order valence-electron chi connectivity index (χ3n) is 3.00. The van der Waals surface area contributed by atoms with Gasteiger partial charge < -0.3 is 10.1 Å². The van der Waals surface area contributed by atoms with Crippen molar-refractivity contribution in [3.63, 3.8) is 0 Å². The summed E-state index contributed by atoms with van der Waals surface area (Å²) >= 11 is 1.65. The standard InChI is InChI=1S/C13H17NO3S/c1-2-17-12(15)7-14-13(16)10-8-18-11-6-4-3-5-9(10)11/h8H,2-7H2,1H3,(H,14,16). The quantitative estimate of drug-likeness (QED) is 0.848. The van der Waals surface area contributed by atoms with E-state index >= 15 is 0 Å². The molecule has 1 aromatic rings.